The molecule has 0 unspecified atom stereocenters. The summed E-state index contributed by atoms with van der Waals surface area (Å²) < 4.78 is 5.50. The molecule has 7 heteroatoms. The van der Waals surface area contributed by atoms with Crippen molar-refractivity contribution in [2.75, 3.05) is 10.6 Å². The number of fused-ring (bicyclic) bond motifs is 1. The number of carbonyl (C=O) groups excluding carboxylic acids is 3. The maximum absolute atomic E-state index is 13.0. The number of nitrogens with one attached hydrogen (secondary N) is 2. The van der Waals surface area contributed by atoms with Gasteiger partial charge in [-0.15, -0.1) is 0 Å². The number of benzene rings is 2. The predicted octanol–water partition coefficient (Wildman–Crippen LogP) is 4.25. The van der Waals surface area contributed by atoms with E-state index in [1.165, 1.54) is 13.8 Å². The van der Waals surface area contributed by atoms with Crippen LogP contribution in [0.15, 0.2) is 48.5 Å². The molecule has 0 bridgehead atoms. The lowest BCUT2D eigenvalue weighted by atomic mass is 10.0. The molecule has 31 heavy (non-hydrogen) atoms. The van der Waals surface area contributed by atoms with E-state index in [0.717, 1.165) is 11.3 Å². The molecule has 160 valence electrons. The van der Waals surface area contributed by atoms with E-state index in [0.29, 0.717) is 34.3 Å². The molecule has 2 amide bonds. The van der Waals surface area contributed by atoms with Gasteiger partial charge in [0, 0.05) is 29.4 Å². The summed E-state index contributed by atoms with van der Waals surface area (Å²) in [5.41, 5.74) is 3.88. The number of anilines is 2. The number of pyridine rings is 1. The number of rotatable bonds is 6. The van der Waals surface area contributed by atoms with E-state index >= 15 is 0 Å². The Kier molecular flexibility index (Phi) is 6.65. The minimum atomic E-state index is -1.00. The summed E-state index contributed by atoms with van der Waals surface area (Å²) >= 11 is 0. The van der Waals surface area contributed by atoms with Crippen molar-refractivity contribution >= 4 is 40.1 Å². The molecule has 0 aliphatic rings. The van der Waals surface area contributed by atoms with Gasteiger partial charge in [-0.3, -0.25) is 14.6 Å². The van der Waals surface area contributed by atoms with E-state index in [4.69, 9.17) is 4.74 Å². The number of esters is 1. The average molecular weight is 419 g/mol. The number of hydrogen-bond donors (Lipinski definition) is 2. The SMILES string of the molecule is CCc1nc2ccccc2c(C(=O)O[C@@H](C)C(=O)Nc2ccc(NC(C)=O)cc2)c1C. The molecular weight excluding hydrogens is 394 g/mol. The topological polar surface area (TPSA) is 97.4 Å². The molecule has 2 N–H and O–H groups in total. The van der Waals surface area contributed by atoms with Gasteiger partial charge in [-0.05, 0) is 56.2 Å². The number of amides is 2. The highest BCUT2D eigenvalue weighted by Gasteiger charge is 2.23. The molecular formula is C24H25N3O4. The monoisotopic (exact) mass is 419 g/mol. The van der Waals surface area contributed by atoms with Gasteiger partial charge >= 0.3 is 5.97 Å². The first-order chi connectivity index (χ1) is 14.8. The number of aryl methyl sites for hydroxylation is 1. The first-order valence-electron chi connectivity index (χ1n) is 10.1. The standard InChI is InChI=1S/C24H25N3O4/c1-5-20-14(2)22(19-8-6-7-9-21(19)27-20)24(30)31-15(3)23(29)26-18-12-10-17(11-13-18)25-16(4)28/h6-13,15H,5H2,1-4H3,(H,25,28)(H,26,29)/t15-/m0/s1. The third-order valence-corrected chi connectivity index (χ3v) is 4.90. The second kappa shape index (κ2) is 9.38. The van der Waals surface area contributed by atoms with Crippen molar-refractivity contribution in [2.24, 2.45) is 0 Å². The van der Waals surface area contributed by atoms with Crippen LogP contribution in [-0.2, 0) is 20.7 Å². The molecule has 0 saturated carbocycles. The van der Waals surface area contributed by atoms with Crippen molar-refractivity contribution in [3.8, 4) is 0 Å². The van der Waals surface area contributed by atoms with Crippen LogP contribution in [0.1, 0.15) is 42.4 Å². The number of aromatic nitrogens is 1. The van der Waals surface area contributed by atoms with E-state index in [1.807, 2.05) is 38.1 Å². The normalized spacial score (nSPS) is 11.6. The first-order valence-corrected chi connectivity index (χ1v) is 10.1. The Morgan fingerprint density at radius 1 is 1.00 bits per heavy atom. The van der Waals surface area contributed by atoms with Crippen LogP contribution in [0.4, 0.5) is 11.4 Å². The third kappa shape index (κ3) is 5.06. The summed E-state index contributed by atoms with van der Waals surface area (Å²) in [6, 6.07) is 14.0. The molecule has 1 atom stereocenters. The average Bonchev–Trinajstić information content (AvgIpc) is 2.74. The fourth-order valence-corrected chi connectivity index (χ4v) is 3.32. The van der Waals surface area contributed by atoms with Gasteiger partial charge in [0.1, 0.15) is 0 Å². The highest BCUT2D eigenvalue weighted by atomic mass is 16.5. The van der Waals surface area contributed by atoms with Crippen LogP contribution in [0.3, 0.4) is 0 Å². The number of para-hydroxylation sites is 1. The Morgan fingerprint density at radius 3 is 2.23 bits per heavy atom. The lowest BCUT2D eigenvalue weighted by Gasteiger charge is -2.17. The molecule has 3 rings (SSSR count). The van der Waals surface area contributed by atoms with Crippen LogP contribution in [0, 0.1) is 6.92 Å². The molecule has 0 fully saturated rings. The van der Waals surface area contributed by atoms with Crippen LogP contribution in [0.5, 0.6) is 0 Å². The van der Waals surface area contributed by atoms with Crippen LogP contribution in [0.25, 0.3) is 10.9 Å². The van der Waals surface area contributed by atoms with Crippen molar-refractivity contribution in [1.29, 1.82) is 0 Å². The molecule has 0 aliphatic carbocycles. The molecule has 0 radical (unpaired) electrons. The van der Waals surface area contributed by atoms with Gasteiger partial charge in [0.05, 0.1) is 11.1 Å². The Hall–Kier alpha value is -3.74. The molecule has 0 aliphatic heterocycles. The van der Waals surface area contributed by atoms with Gasteiger partial charge < -0.3 is 15.4 Å². The fraction of sp³-hybridized carbons (Fsp3) is 0.250. The van der Waals surface area contributed by atoms with Gasteiger partial charge in [-0.25, -0.2) is 4.79 Å². The van der Waals surface area contributed by atoms with Crippen LogP contribution in [0.2, 0.25) is 0 Å². The number of hydrogen-bond acceptors (Lipinski definition) is 5. The summed E-state index contributed by atoms with van der Waals surface area (Å²) in [5.74, 6) is -1.19. The van der Waals surface area contributed by atoms with Crippen molar-refractivity contribution in [3.63, 3.8) is 0 Å². The highest BCUT2D eigenvalue weighted by Crippen LogP contribution is 2.25. The van der Waals surface area contributed by atoms with E-state index in [9.17, 15) is 14.4 Å². The van der Waals surface area contributed by atoms with Crippen molar-refractivity contribution in [3.05, 3.63) is 65.4 Å². The summed E-state index contributed by atoms with van der Waals surface area (Å²) in [4.78, 5) is 41.3. The van der Waals surface area contributed by atoms with Gasteiger partial charge in [-0.1, -0.05) is 25.1 Å². The van der Waals surface area contributed by atoms with Crippen molar-refractivity contribution in [1.82, 2.24) is 4.98 Å². The zero-order chi connectivity index (χ0) is 22.5. The molecule has 2 aromatic carbocycles. The highest BCUT2D eigenvalue weighted by molar-refractivity contribution is 6.06. The molecule has 0 spiro atoms. The summed E-state index contributed by atoms with van der Waals surface area (Å²) in [6.45, 7) is 6.77. The minimum absolute atomic E-state index is 0.178. The third-order valence-electron chi connectivity index (χ3n) is 4.90. The number of nitrogens with zero attached hydrogens (tertiary/aromatic N) is 1. The predicted molar refractivity (Wildman–Crippen MR) is 120 cm³/mol. The molecule has 7 nitrogen and oxygen atoms in total. The quantitative estimate of drug-likeness (QED) is 0.582. The first kappa shape index (κ1) is 22.0. The van der Waals surface area contributed by atoms with Crippen LogP contribution < -0.4 is 10.6 Å². The molecule has 0 saturated heterocycles. The zero-order valence-electron chi connectivity index (χ0n) is 18.0. The lowest BCUT2D eigenvalue weighted by Crippen LogP contribution is -2.30. The van der Waals surface area contributed by atoms with E-state index < -0.39 is 18.0 Å². The maximum atomic E-state index is 13.0. The number of ether oxygens (including phenoxy) is 1. The Balaban J connectivity index is 1.75. The van der Waals surface area contributed by atoms with Crippen LogP contribution in [-0.4, -0.2) is 28.9 Å². The molecule has 1 heterocycles. The molecule has 3 aromatic rings. The molecule has 1 aromatic heterocycles. The van der Waals surface area contributed by atoms with Crippen molar-refractivity contribution < 1.29 is 19.1 Å². The summed E-state index contributed by atoms with van der Waals surface area (Å²) in [5, 5.41) is 6.07. The van der Waals surface area contributed by atoms with Crippen molar-refractivity contribution in [2.45, 2.75) is 40.2 Å². The largest absolute Gasteiger partial charge is 0.449 e. The van der Waals surface area contributed by atoms with E-state index in [-0.39, 0.29) is 5.91 Å². The smallest absolute Gasteiger partial charge is 0.339 e. The van der Waals surface area contributed by atoms with Crippen LogP contribution >= 0.6 is 0 Å². The Morgan fingerprint density at radius 2 is 1.61 bits per heavy atom. The Labute approximate surface area is 180 Å². The number of carbonyl (C=O) groups is 3. The van der Waals surface area contributed by atoms with Gasteiger partial charge in [-0.2, -0.15) is 0 Å². The van der Waals surface area contributed by atoms with Gasteiger partial charge in [0.2, 0.25) is 5.91 Å². The second-order valence-corrected chi connectivity index (χ2v) is 7.22. The van der Waals surface area contributed by atoms with E-state index in [2.05, 4.69) is 15.6 Å². The minimum Gasteiger partial charge on any atom is -0.449 e. The van der Waals surface area contributed by atoms with Gasteiger partial charge in [0.25, 0.3) is 5.91 Å². The fourth-order valence-electron chi connectivity index (χ4n) is 3.32. The zero-order valence-corrected chi connectivity index (χ0v) is 18.0. The lowest BCUT2D eigenvalue weighted by molar-refractivity contribution is -0.123. The second-order valence-electron chi connectivity index (χ2n) is 7.22. The van der Waals surface area contributed by atoms with Gasteiger partial charge in [0.15, 0.2) is 6.10 Å². The Bertz CT molecular complexity index is 1140. The maximum Gasteiger partial charge on any atom is 0.339 e. The summed E-state index contributed by atoms with van der Waals surface area (Å²) in [6.07, 6.45) is -0.319. The summed E-state index contributed by atoms with van der Waals surface area (Å²) in [7, 11) is 0. The van der Waals surface area contributed by atoms with E-state index in [1.54, 1.807) is 24.3 Å².